The summed E-state index contributed by atoms with van der Waals surface area (Å²) < 4.78 is 9.38. The molecule has 0 unspecified atom stereocenters. The Labute approximate surface area is 446 Å². The van der Waals surface area contributed by atoms with Crippen LogP contribution in [0.25, 0.3) is 110 Å². The molecule has 0 spiro atoms. The van der Waals surface area contributed by atoms with Crippen LogP contribution in [-0.2, 0) is 0 Å². The van der Waals surface area contributed by atoms with Crippen LogP contribution in [0.15, 0.2) is 206 Å². The number of rotatable bonds is 7. The Morgan fingerprint density at radius 2 is 0.571 bits per heavy atom. The van der Waals surface area contributed by atoms with Crippen LogP contribution in [0.3, 0.4) is 0 Å². The summed E-state index contributed by atoms with van der Waals surface area (Å²) in [7, 11) is 0. The van der Waals surface area contributed by atoms with Crippen LogP contribution in [0.1, 0.15) is 33.4 Å². The molecule has 10 aromatic carbocycles. The second-order valence-corrected chi connectivity index (χ2v) is 21.2. The summed E-state index contributed by atoms with van der Waals surface area (Å²) >= 11 is 0. The fourth-order valence-corrected chi connectivity index (χ4v) is 13.4. The molecule has 0 bridgehead atoms. The minimum Gasteiger partial charge on any atom is -0.309 e. The molecule has 0 atom stereocenters. The van der Waals surface area contributed by atoms with Gasteiger partial charge in [0.2, 0.25) is 11.9 Å². The van der Waals surface area contributed by atoms with Crippen LogP contribution < -0.4 is 16.6 Å². The van der Waals surface area contributed by atoms with Gasteiger partial charge in [0.15, 0.2) is 0 Å². The molecular weight excluding hydrogens is 938 g/mol. The van der Waals surface area contributed by atoms with E-state index in [0.29, 0.717) is 17.6 Å². The number of benzene rings is 10. The predicted molar refractivity (Wildman–Crippen MR) is 323 cm³/mol. The summed E-state index contributed by atoms with van der Waals surface area (Å²) in [6, 6.07) is 75.1. The minimum atomic E-state index is -0.336. The molecule has 15 aromatic rings. The van der Waals surface area contributed by atoms with E-state index in [1.807, 2.05) is 0 Å². The molecule has 0 radical (unpaired) electrons. The van der Waals surface area contributed by atoms with Crippen molar-refractivity contribution < 1.29 is 0 Å². The van der Waals surface area contributed by atoms with E-state index in [4.69, 9.17) is 15.0 Å². The van der Waals surface area contributed by atoms with Gasteiger partial charge in [-0.1, -0.05) is 178 Å². The van der Waals surface area contributed by atoms with Gasteiger partial charge >= 0.3 is 0 Å². The number of hydrogen-bond acceptors (Lipinski definition) is 3. The van der Waals surface area contributed by atoms with Gasteiger partial charge in [0, 0.05) is 54.5 Å². The number of aryl methyl sites for hydroxylation is 6. The summed E-state index contributed by atoms with van der Waals surface area (Å²) in [6.45, 7) is 13.0. The molecule has 8 heteroatoms. The van der Waals surface area contributed by atoms with Gasteiger partial charge in [0.05, 0.1) is 44.1 Å². The van der Waals surface area contributed by atoms with Crippen LogP contribution in [0.4, 0.5) is 0 Å². The lowest BCUT2D eigenvalue weighted by atomic mass is 9.37. The first-order valence-electron chi connectivity index (χ1n) is 26.6. The van der Waals surface area contributed by atoms with Crippen molar-refractivity contribution in [3.8, 4) is 23.3 Å². The van der Waals surface area contributed by atoms with Crippen molar-refractivity contribution in [1.29, 1.82) is 0 Å². The molecule has 0 aliphatic carbocycles. The molecule has 0 saturated carbocycles. The Balaban J connectivity index is 1.11. The molecule has 0 saturated heterocycles. The third-order valence-electron chi connectivity index (χ3n) is 16.3. The lowest BCUT2D eigenvalue weighted by Gasteiger charge is -2.24. The van der Waals surface area contributed by atoms with Crippen LogP contribution in [0, 0.1) is 41.5 Å². The summed E-state index contributed by atoms with van der Waals surface area (Å²) in [4.78, 5) is 17.5. The zero-order valence-corrected chi connectivity index (χ0v) is 43.8. The zero-order chi connectivity index (χ0) is 51.8. The van der Waals surface area contributed by atoms with E-state index in [9.17, 15) is 0 Å². The molecule has 77 heavy (non-hydrogen) atoms. The largest absolute Gasteiger partial charge is 0.309 e. The Morgan fingerprint density at radius 1 is 0.273 bits per heavy atom. The van der Waals surface area contributed by atoms with E-state index < -0.39 is 0 Å². The Morgan fingerprint density at radius 3 is 0.922 bits per heavy atom. The molecule has 0 amide bonds. The molecule has 0 aliphatic rings. The molecule has 0 N–H and O–H groups in total. The SMILES string of the molecule is Cc1cc(C)c(B(c2nc(-n3c4ccccc4c4cc5c6ccccc6n(-c6ccccc6)c5cc43)nc(-n3c4ccccc4c4cc5c6ccccc6n(-c6ccccc6)c5cc43)n2)c2c(C)cc(C)cc2C)c(C)c1. The maximum Gasteiger partial charge on any atom is 0.291 e. The van der Waals surface area contributed by atoms with Crippen molar-refractivity contribution >= 4 is 111 Å². The molecule has 7 nitrogen and oxygen atoms in total. The van der Waals surface area contributed by atoms with Gasteiger partial charge in [0.1, 0.15) is 5.72 Å². The van der Waals surface area contributed by atoms with Crippen molar-refractivity contribution in [2.45, 2.75) is 41.5 Å². The van der Waals surface area contributed by atoms with Gasteiger partial charge in [-0.25, -0.2) is 9.97 Å². The van der Waals surface area contributed by atoms with Gasteiger partial charge in [-0.3, -0.25) is 9.13 Å². The van der Waals surface area contributed by atoms with Crippen LogP contribution in [0.2, 0.25) is 0 Å². The second-order valence-electron chi connectivity index (χ2n) is 21.2. The van der Waals surface area contributed by atoms with Crippen LogP contribution >= 0.6 is 0 Å². The van der Waals surface area contributed by atoms with Gasteiger partial charge in [-0.15, -0.1) is 0 Å². The summed E-state index contributed by atoms with van der Waals surface area (Å²) in [5.41, 5.74) is 21.2. The maximum atomic E-state index is 5.86. The molecular formula is C69H52BN7. The summed E-state index contributed by atoms with van der Waals surface area (Å²) in [5, 5.41) is 9.32. The Hall–Kier alpha value is -9.53. The fraction of sp³-hybridized carbons (Fsp3) is 0.0870. The number of aromatic nitrogens is 7. The predicted octanol–water partition coefficient (Wildman–Crippen LogP) is 14.6. The van der Waals surface area contributed by atoms with Crippen molar-refractivity contribution in [3.05, 3.63) is 240 Å². The smallest absolute Gasteiger partial charge is 0.291 e. The highest BCUT2D eigenvalue weighted by atomic mass is 15.3. The van der Waals surface area contributed by atoms with E-state index >= 15 is 0 Å². The summed E-state index contributed by atoms with van der Waals surface area (Å²) in [6.07, 6.45) is 0. The normalized spacial score (nSPS) is 12.0. The van der Waals surface area contributed by atoms with Gasteiger partial charge in [0.25, 0.3) is 6.71 Å². The monoisotopic (exact) mass is 989 g/mol. The quantitative estimate of drug-likeness (QED) is 0.150. The first kappa shape index (κ1) is 44.9. The van der Waals surface area contributed by atoms with Gasteiger partial charge in [-0.05, 0) is 114 Å². The lowest BCUT2D eigenvalue weighted by Crippen LogP contribution is -2.58. The third-order valence-corrected chi connectivity index (χ3v) is 16.3. The Bertz CT molecular complexity index is 4590. The average Bonchev–Trinajstić information content (AvgIpc) is 4.37. The van der Waals surface area contributed by atoms with E-state index in [-0.39, 0.29) is 6.71 Å². The van der Waals surface area contributed by atoms with E-state index in [1.165, 1.54) is 65.9 Å². The number of para-hydroxylation sites is 6. The first-order chi connectivity index (χ1) is 37.7. The van der Waals surface area contributed by atoms with Crippen LogP contribution in [-0.4, -0.2) is 39.9 Å². The fourth-order valence-electron chi connectivity index (χ4n) is 13.4. The minimum absolute atomic E-state index is 0.336. The summed E-state index contributed by atoms with van der Waals surface area (Å²) in [5.74, 6) is 1.11. The molecule has 5 aromatic heterocycles. The third kappa shape index (κ3) is 6.74. The highest BCUT2D eigenvalue weighted by molar-refractivity contribution is 6.95. The number of hydrogen-bond donors (Lipinski definition) is 0. The maximum absolute atomic E-state index is 5.86. The topological polar surface area (TPSA) is 58.4 Å². The standard InChI is InChI=1S/C69H52BN7/c1-41-33-43(3)65(44(4)34-41)70(66-45(5)35-42(2)36-46(66)6)67-71-68(76-59-31-19-15-27-51(59)55-37-53-49-25-13-17-29-57(49)74(61(53)39-63(55)76)47-21-9-7-10-22-47)73-69(72-67)77-60-32-20-16-28-52(60)56-38-54-50-26-14-18-30-58(50)75(62(54)40-64(56)77)48-23-11-8-12-24-48/h7-40H,1-6H3. The van der Waals surface area contributed by atoms with Crippen LogP contribution in [0.5, 0.6) is 0 Å². The van der Waals surface area contributed by atoms with Crippen molar-refractivity contribution in [2.24, 2.45) is 0 Å². The van der Waals surface area contributed by atoms with Crippen molar-refractivity contribution in [2.75, 3.05) is 0 Å². The molecule has 0 fully saturated rings. The number of fused-ring (bicyclic) bond motifs is 12. The second kappa shape index (κ2) is 17.0. The molecule has 15 rings (SSSR count). The van der Waals surface area contributed by atoms with Crippen molar-refractivity contribution in [3.63, 3.8) is 0 Å². The van der Waals surface area contributed by atoms with Crippen molar-refractivity contribution in [1.82, 2.24) is 33.2 Å². The van der Waals surface area contributed by atoms with Gasteiger partial charge in [-0.2, -0.15) is 4.98 Å². The first-order valence-corrected chi connectivity index (χ1v) is 26.6. The highest BCUT2D eigenvalue weighted by Gasteiger charge is 2.34. The number of nitrogens with zero attached hydrogens (tertiary/aromatic N) is 7. The molecule has 0 aliphatic heterocycles. The Kier molecular flexibility index (Phi) is 9.92. The van der Waals surface area contributed by atoms with E-state index in [0.717, 1.165) is 77.1 Å². The van der Waals surface area contributed by atoms with E-state index in [2.05, 4.69) is 266 Å². The molecule has 5 heterocycles. The zero-order valence-electron chi connectivity index (χ0n) is 43.8. The highest BCUT2D eigenvalue weighted by Crippen LogP contribution is 2.41. The average molecular weight is 990 g/mol. The van der Waals surface area contributed by atoms with E-state index in [1.54, 1.807) is 0 Å². The van der Waals surface area contributed by atoms with Gasteiger partial charge < -0.3 is 9.13 Å². The molecule has 366 valence electrons. The lowest BCUT2D eigenvalue weighted by molar-refractivity contribution is 0.905.